The number of hydrogen-bond acceptors (Lipinski definition) is 2. The Labute approximate surface area is 78.7 Å². The van der Waals surface area contributed by atoms with E-state index >= 15 is 0 Å². The molecule has 3 heteroatoms. The fraction of sp³-hybridized carbons (Fsp3) is 1.00. The molecular formula is C8H19BrN2. The fourth-order valence-corrected chi connectivity index (χ4v) is 1.06. The predicted octanol–water partition coefficient (Wildman–Crippen LogP) is 1.26. The molecule has 0 fully saturated rings. The van der Waals surface area contributed by atoms with Crippen LogP contribution in [-0.2, 0) is 0 Å². The molecule has 0 unspecified atom stereocenters. The molecule has 0 N–H and O–H groups in total. The summed E-state index contributed by atoms with van der Waals surface area (Å²) < 4.78 is 0. The van der Waals surface area contributed by atoms with E-state index in [1.807, 2.05) is 0 Å². The van der Waals surface area contributed by atoms with Gasteiger partial charge in [0.15, 0.2) is 0 Å². The van der Waals surface area contributed by atoms with Crippen LogP contribution in [0.5, 0.6) is 0 Å². The van der Waals surface area contributed by atoms with Crippen molar-refractivity contribution in [2.45, 2.75) is 6.42 Å². The maximum atomic E-state index is 3.42. The van der Waals surface area contributed by atoms with Gasteiger partial charge in [0.1, 0.15) is 0 Å². The zero-order valence-electron chi connectivity index (χ0n) is 7.81. The van der Waals surface area contributed by atoms with Gasteiger partial charge in [-0.1, -0.05) is 15.9 Å². The molecule has 2 nitrogen and oxygen atoms in total. The molecule has 0 radical (unpaired) electrons. The maximum absolute atomic E-state index is 3.42. The third-order valence-corrected chi connectivity index (χ3v) is 2.16. The normalized spacial score (nSPS) is 11.5. The summed E-state index contributed by atoms with van der Waals surface area (Å²) in [5, 5.41) is 1.11. The average Bonchev–Trinajstić information content (AvgIpc) is 1.97. The van der Waals surface area contributed by atoms with Crippen molar-refractivity contribution in [2.75, 3.05) is 46.1 Å². The van der Waals surface area contributed by atoms with Crippen molar-refractivity contribution < 1.29 is 0 Å². The lowest BCUT2D eigenvalue weighted by molar-refractivity contribution is 0.283. The van der Waals surface area contributed by atoms with E-state index in [1.165, 1.54) is 19.5 Å². The van der Waals surface area contributed by atoms with Gasteiger partial charge in [-0.25, -0.2) is 0 Å². The lowest BCUT2D eigenvalue weighted by atomic mass is 10.4. The van der Waals surface area contributed by atoms with Crippen LogP contribution in [0.15, 0.2) is 0 Å². The zero-order chi connectivity index (χ0) is 8.69. The van der Waals surface area contributed by atoms with Crippen LogP contribution in [0.4, 0.5) is 0 Å². The Bertz CT molecular complexity index is 86.2. The number of rotatable bonds is 6. The molecule has 0 spiro atoms. The Hall–Kier alpha value is 0.400. The van der Waals surface area contributed by atoms with Gasteiger partial charge in [-0.15, -0.1) is 0 Å². The van der Waals surface area contributed by atoms with Gasteiger partial charge < -0.3 is 9.80 Å². The summed E-state index contributed by atoms with van der Waals surface area (Å²) in [5.41, 5.74) is 0. The second-order valence-electron chi connectivity index (χ2n) is 3.15. The van der Waals surface area contributed by atoms with Crippen molar-refractivity contribution in [3.8, 4) is 0 Å². The van der Waals surface area contributed by atoms with Gasteiger partial charge in [0.2, 0.25) is 0 Å². The third-order valence-electron chi connectivity index (χ3n) is 1.60. The number of likely N-dealkylation sites (N-methyl/N-ethyl adjacent to an activating group) is 2. The monoisotopic (exact) mass is 222 g/mol. The second-order valence-corrected chi connectivity index (χ2v) is 3.94. The topological polar surface area (TPSA) is 6.48 Å². The highest BCUT2D eigenvalue weighted by Gasteiger charge is 1.97. The first kappa shape index (κ1) is 11.4. The number of halogens is 1. The van der Waals surface area contributed by atoms with Crippen LogP contribution in [0.25, 0.3) is 0 Å². The largest absolute Gasteiger partial charge is 0.308 e. The summed E-state index contributed by atoms with van der Waals surface area (Å²) >= 11 is 3.42. The Kier molecular flexibility index (Phi) is 7.33. The smallest absolute Gasteiger partial charge is 0.0106 e. The summed E-state index contributed by atoms with van der Waals surface area (Å²) in [7, 11) is 6.39. The first-order valence-corrected chi connectivity index (χ1v) is 5.18. The van der Waals surface area contributed by atoms with E-state index in [-0.39, 0.29) is 0 Å². The van der Waals surface area contributed by atoms with Crippen LogP contribution < -0.4 is 0 Å². The zero-order valence-corrected chi connectivity index (χ0v) is 9.39. The lowest BCUT2D eigenvalue weighted by Crippen LogP contribution is -2.29. The van der Waals surface area contributed by atoms with E-state index in [0.29, 0.717) is 0 Å². The minimum Gasteiger partial charge on any atom is -0.308 e. The molecule has 0 aliphatic rings. The van der Waals surface area contributed by atoms with Crippen molar-refractivity contribution >= 4 is 15.9 Å². The minimum absolute atomic E-state index is 1.11. The van der Waals surface area contributed by atoms with E-state index in [9.17, 15) is 0 Å². The number of hydrogen-bond donors (Lipinski definition) is 0. The van der Waals surface area contributed by atoms with Crippen molar-refractivity contribution in [3.63, 3.8) is 0 Å². The van der Waals surface area contributed by atoms with Crippen LogP contribution in [-0.4, -0.2) is 55.9 Å². The van der Waals surface area contributed by atoms with E-state index in [0.717, 1.165) is 11.9 Å². The van der Waals surface area contributed by atoms with Gasteiger partial charge >= 0.3 is 0 Å². The molecule has 0 saturated heterocycles. The van der Waals surface area contributed by atoms with Gasteiger partial charge in [0.05, 0.1) is 0 Å². The fourth-order valence-electron chi connectivity index (χ4n) is 0.812. The highest BCUT2D eigenvalue weighted by molar-refractivity contribution is 9.09. The molecule has 0 aromatic rings. The van der Waals surface area contributed by atoms with E-state index in [1.54, 1.807) is 0 Å². The van der Waals surface area contributed by atoms with Crippen molar-refractivity contribution in [2.24, 2.45) is 0 Å². The van der Waals surface area contributed by atoms with Crippen LogP contribution in [0.2, 0.25) is 0 Å². The standard InChI is InChI=1S/C8H19BrN2/c1-10(2)7-8-11(3)6-4-5-9/h4-8H2,1-3H3. The Balaban J connectivity index is 3.15. The molecule has 0 aromatic carbocycles. The van der Waals surface area contributed by atoms with E-state index in [4.69, 9.17) is 0 Å². The Morgan fingerprint density at radius 3 is 2.09 bits per heavy atom. The molecule has 0 saturated carbocycles. The first-order chi connectivity index (χ1) is 5.16. The van der Waals surface area contributed by atoms with Crippen molar-refractivity contribution in [1.82, 2.24) is 9.80 Å². The van der Waals surface area contributed by atoms with Gasteiger partial charge in [0.25, 0.3) is 0 Å². The van der Waals surface area contributed by atoms with Crippen LogP contribution in [0, 0.1) is 0 Å². The molecular weight excluding hydrogens is 204 g/mol. The Morgan fingerprint density at radius 1 is 1.00 bits per heavy atom. The van der Waals surface area contributed by atoms with Crippen molar-refractivity contribution in [1.29, 1.82) is 0 Å². The second kappa shape index (κ2) is 7.07. The maximum Gasteiger partial charge on any atom is 0.0106 e. The van der Waals surface area contributed by atoms with E-state index in [2.05, 4.69) is 46.9 Å². The van der Waals surface area contributed by atoms with Crippen LogP contribution >= 0.6 is 15.9 Å². The molecule has 0 aliphatic heterocycles. The van der Waals surface area contributed by atoms with Gasteiger partial charge in [-0.05, 0) is 34.1 Å². The van der Waals surface area contributed by atoms with Crippen LogP contribution in [0.1, 0.15) is 6.42 Å². The lowest BCUT2D eigenvalue weighted by Gasteiger charge is -2.18. The number of nitrogens with zero attached hydrogens (tertiary/aromatic N) is 2. The summed E-state index contributed by atoms with van der Waals surface area (Å²) in [6, 6.07) is 0. The molecule has 0 heterocycles. The molecule has 0 aromatic heterocycles. The molecule has 0 atom stereocenters. The summed E-state index contributed by atoms with van der Waals surface area (Å²) in [5.74, 6) is 0. The molecule has 0 rings (SSSR count). The van der Waals surface area contributed by atoms with E-state index < -0.39 is 0 Å². The molecule has 0 bridgehead atoms. The summed E-state index contributed by atoms with van der Waals surface area (Å²) in [6.07, 6.45) is 1.24. The average molecular weight is 223 g/mol. The molecule has 0 amide bonds. The summed E-state index contributed by atoms with van der Waals surface area (Å²) in [6.45, 7) is 3.51. The predicted molar refractivity (Wildman–Crippen MR) is 54.5 cm³/mol. The Morgan fingerprint density at radius 2 is 1.64 bits per heavy atom. The minimum atomic E-state index is 1.11. The third kappa shape index (κ3) is 8.30. The van der Waals surface area contributed by atoms with Crippen LogP contribution in [0.3, 0.4) is 0 Å². The first-order valence-electron chi connectivity index (χ1n) is 4.06. The highest BCUT2D eigenvalue weighted by Crippen LogP contribution is 1.91. The molecule has 11 heavy (non-hydrogen) atoms. The van der Waals surface area contributed by atoms with Gasteiger partial charge in [0, 0.05) is 18.4 Å². The molecule has 0 aliphatic carbocycles. The quantitative estimate of drug-likeness (QED) is 0.625. The van der Waals surface area contributed by atoms with Gasteiger partial charge in [-0.3, -0.25) is 0 Å². The van der Waals surface area contributed by atoms with Crippen molar-refractivity contribution in [3.05, 3.63) is 0 Å². The number of alkyl halides is 1. The highest BCUT2D eigenvalue weighted by atomic mass is 79.9. The van der Waals surface area contributed by atoms with Gasteiger partial charge in [-0.2, -0.15) is 0 Å². The summed E-state index contributed by atoms with van der Waals surface area (Å²) in [4.78, 5) is 4.58. The molecule has 68 valence electrons. The SMILES string of the molecule is CN(C)CCN(C)CCCBr.